The van der Waals surface area contributed by atoms with E-state index in [0.29, 0.717) is 29.2 Å². The van der Waals surface area contributed by atoms with Crippen LogP contribution in [0.1, 0.15) is 16.7 Å². The molecule has 9 heteroatoms. The summed E-state index contributed by atoms with van der Waals surface area (Å²) < 4.78 is 40.0. The van der Waals surface area contributed by atoms with Crippen LogP contribution < -0.4 is 4.90 Å². The summed E-state index contributed by atoms with van der Waals surface area (Å²) in [5, 5.41) is 13.1. The highest BCUT2D eigenvalue weighted by molar-refractivity contribution is 5.78. The minimum absolute atomic E-state index is 0.414. The van der Waals surface area contributed by atoms with Crippen molar-refractivity contribution in [1.82, 2.24) is 19.6 Å². The van der Waals surface area contributed by atoms with Crippen molar-refractivity contribution in [2.45, 2.75) is 12.7 Å². The Morgan fingerprint density at radius 2 is 1.90 bits per heavy atom. The first-order valence-electron chi connectivity index (χ1n) is 8.92. The average Bonchev–Trinajstić information content (AvgIpc) is 3.16. The third-order valence-electron chi connectivity index (χ3n) is 4.64. The standard InChI is InChI=1S/C21H15F3N6/c1-29(20-5-2-15(9-25)10-27-20)13-14-6-7-30-19(8-14)17(12-28-30)18-4-3-16(11-26-18)21(22,23)24/h2-8,10-12H,13H2,1H3. The fraction of sp³-hybridized carbons (Fsp3) is 0.143. The summed E-state index contributed by atoms with van der Waals surface area (Å²) in [6.07, 6.45) is 1.29. The van der Waals surface area contributed by atoms with Crippen LogP contribution in [-0.2, 0) is 12.7 Å². The molecule has 0 aromatic carbocycles. The van der Waals surface area contributed by atoms with E-state index >= 15 is 0 Å². The van der Waals surface area contributed by atoms with Gasteiger partial charge in [-0.3, -0.25) is 4.98 Å². The van der Waals surface area contributed by atoms with Crippen LogP contribution in [0.15, 0.2) is 61.2 Å². The zero-order valence-corrected chi connectivity index (χ0v) is 15.8. The van der Waals surface area contributed by atoms with Gasteiger partial charge in [0.1, 0.15) is 11.9 Å². The number of nitrogens with zero attached hydrogens (tertiary/aromatic N) is 6. The first-order chi connectivity index (χ1) is 14.3. The number of rotatable bonds is 4. The van der Waals surface area contributed by atoms with Crippen molar-refractivity contribution < 1.29 is 13.2 Å². The van der Waals surface area contributed by atoms with Crippen molar-refractivity contribution in [3.8, 4) is 17.3 Å². The van der Waals surface area contributed by atoms with Gasteiger partial charge in [-0.05, 0) is 42.0 Å². The van der Waals surface area contributed by atoms with E-state index in [2.05, 4.69) is 15.1 Å². The third kappa shape index (κ3) is 3.80. The predicted molar refractivity (Wildman–Crippen MR) is 104 cm³/mol. The van der Waals surface area contributed by atoms with Crippen LogP contribution in [0.4, 0.5) is 19.0 Å². The zero-order valence-electron chi connectivity index (χ0n) is 15.8. The lowest BCUT2D eigenvalue weighted by Gasteiger charge is -2.18. The molecular weight excluding hydrogens is 393 g/mol. The largest absolute Gasteiger partial charge is 0.417 e. The maximum Gasteiger partial charge on any atom is 0.417 e. The molecule has 0 aliphatic heterocycles. The van der Waals surface area contributed by atoms with Crippen LogP contribution in [0.5, 0.6) is 0 Å². The minimum Gasteiger partial charge on any atom is -0.355 e. The molecule has 0 N–H and O–H groups in total. The Kier molecular flexibility index (Phi) is 4.83. The first kappa shape index (κ1) is 19.4. The van der Waals surface area contributed by atoms with Gasteiger partial charge < -0.3 is 4.90 Å². The summed E-state index contributed by atoms with van der Waals surface area (Å²) in [4.78, 5) is 10.2. The summed E-state index contributed by atoms with van der Waals surface area (Å²) in [5.41, 5.74) is 2.45. The Hall–Kier alpha value is -3.93. The van der Waals surface area contributed by atoms with E-state index in [1.54, 1.807) is 29.0 Å². The van der Waals surface area contributed by atoms with E-state index in [0.717, 1.165) is 23.3 Å². The molecule has 0 aliphatic carbocycles. The smallest absolute Gasteiger partial charge is 0.355 e. The highest BCUT2D eigenvalue weighted by Crippen LogP contribution is 2.30. The van der Waals surface area contributed by atoms with E-state index in [9.17, 15) is 13.2 Å². The quantitative estimate of drug-likeness (QED) is 0.503. The van der Waals surface area contributed by atoms with Crippen LogP contribution in [0.3, 0.4) is 0 Å². The van der Waals surface area contributed by atoms with Gasteiger partial charge in [-0.15, -0.1) is 0 Å². The number of fused-ring (bicyclic) bond motifs is 1. The van der Waals surface area contributed by atoms with Crippen molar-refractivity contribution in [3.05, 3.63) is 77.9 Å². The second-order valence-electron chi connectivity index (χ2n) is 6.73. The SMILES string of the molecule is CN(Cc1ccn2ncc(-c3ccc(C(F)(F)F)cn3)c2c1)c1ccc(C#N)cn1. The van der Waals surface area contributed by atoms with Gasteiger partial charge in [0.05, 0.1) is 28.5 Å². The number of nitriles is 1. The zero-order chi connectivity index (χ0) is 21.3. The molecule has 0 spiro atoms. The summed E-state index contributed by atoms with van der Waals surface area (Å²) >= 11 is 0. The molecule has 6 nitrogen and oxygen atoms in total. The monoisotopic (exact) mass is 408 g/mol. The molecule has 4 heterocycles. The van der Waals surface area contributed by atoms with Crippen molar-refractivity contribution in [1.29, 1.82) is 5.26 Å². The van der Waals surface area contributed by atoms with E-state index in [1.165, 1.54) is 12.3 Å². The normalized spacial score (nSPS) is 11.4. The van der Waals surface area contributed by atoms with Crippen LogP contribution in [0, 0.1) is 11.3 Å². The summed E-state index contributed by atoms with van der Waals surface area (Å²) in [6, 6.07) is 11.7. The first-order valence-corrected chi connectivity index (χ1v) is 8.92. The molecule has 0 bridgehead atoms. The molecule has 4 aromatic heterocycles. The van der Waals surface area contributed by atoms with E-state index in [1.807, 2.05) is 30.1 Å². The second kappa shape index (κ2) is 7.48. The lowest BCUT2D eigenvalue weighted by Crippen LogP contribution is -2.17. The molecule has 0 unspecified atom stereocenters. The molecule has 0 radical (unpaired) electrons. The maximum atomic E-state index is 12.8. The Morgan fingerprint density at radius 3 is 2.53 bits per heavy atom. The Morgan fingerprint density at radius 1 is 1.07 bits per heavy atom. The molecule has 0 fully saturated rings. The van der Waals surface area contributed by atoms with Crippen LogP contribution >= 0.6 is 0 Å². The number of pyridine rings is 3. The van der Waals surface area contributed by atoms with Crippen LogP contribution in [0.25, 0.3) is 16.8 Å². The third-order valence-corrected chi connectivity index (χ3v) is 4.64. The Labute approximate surface area is 169 Å². The van der Waals surface area contributed by atoms with Gasteiger partial charge in [0, 0.05) is 37.7 Å². The van der Waals surface area contributed by atoms with E-state index in [4.69, 9.17) is 5.26 Å². The van der Waals surface area contributed by atoms with Crippen LogP contribution in [-0.4, -0.2) is 26.6 Å². The number of halogens is 3. The molecule has 30 heavy (non-hydrogen) atoms. The van der Waals surface area contributed by atoms with Crippen molar-refractivity contribution in [3.63, 3.8) is 0 Å². The Bertz CT molecular complexity index is 1220. The minimum atomic E-state index is -4.43. The van der Waals surface area contributed by atoms with Gasteiger partial charge in [0.25, 0.3) is 0 Å². The van der Waals surface area contributed by atoms with E-state index in [-0.39, 0.29) is 0 Å². The summed E-state index contributed by atoms with van der Waals surface area (Å²) in [6.45, 7) is 0.542. The highest BCUT2D eigenvalue weighted by atomic mass is 19.4. The van der Waals surface area contributed by atoms with Gasteiger partial charge in [-0.1, -0.05) is 0 Å². The number of aromatic nitrogens is 4. The van der Waals surface area contributed by atoms with Gasteiger partial charge in [0.2, 0.25) is 0 Å². The number of hydrogen-bond donors (Lipinski definition) is 0. The number of hydrogen-bond acceptors (Lipinski definition) is 5. The summed E-state index contributed by atoms with van der Waals surface area (Å²) in [7, 11) is 1.88. The van der Waals surface area contributed by atoms with Crippen molar-refractivity contribution in [2.75, 3.05) is 11.9 Å². The fourth-order valence-electron chi connectivity index (χ4n) is 3.07. The molecule has 0 saturated carbocycles. The van der Waals surface area contributed by atoms with Gasteiger partial charge in [-0.2, -0.15) is 23.5 Å². The molecule has 0 aliphatic rings. The van der Waals surface area contributed by atoms with Crippen molar-refractivity contribution in [2.24, 2.45) is 0 Å². The van der Waals surface area contributed by atoms with E-state index < -0.39 is 11.7 Å². The highest BCUT2D eigenvalue weighted by Gasteiger charge is 2.30. The summed E-state index contributed by atoms with van der Waals surface area (Å²) in [5.74, 6) is 0.715. The lowest BCUT2D eigenvalue weighted by molar-refractivity contribution is -0.137. The van der Waals surface area contributed by atoms with Gasteiger partial charge >= 0.3 is 6.18 Å². The maximum absolute atomic E-state index is 12.8. The number of alkyl halides is 3. The fourth-order valence-corrected chi connectivity index (χ4v) is 3.07. The van der Waals surface area contributed by atoms with Gasteiger partial charge in [0.15, 0.2) is 0 Å². The molecule has 0 amide bonds. The van der Waals surface area contributed by atoms with Crippen LogP contribution in [0.2, 0.25) is 0 Å². The molecule has 0 saturated heterocycles. The second-order valence-corrected chi connectivity index (χ2v) is 6.73. The molecule has 0 atom stereocenters. The average molecular weight is 408 g/mol. The predicted octanol–water partition coefficient (Wildman–Crippen LogP) is 4.32. The Balaban J connectivity index is 1.62. The molecule has 150 valence electrons. The molecular formula is C21H15F3N6. The van der Waals surface area contributed by atoms with Gasteiger partial charge in [-0.25, -0.2) is 9.50 Å². The molecule has 4 aromatic rings. The lowest BCUT2D eigenvalue weighted by atomic mass is 10.1. The van der Waals surface area contributed by atoms with Crippen molar-refractivity contribution >= 4 is 11.3 Å². The molecule has 4 rings (SSSR count). The number of anilines is 1. The topological polar surface area (TPSA) is 70.1 Å².